The Hall–Kier alpha value is -0.580. The SMILES string of the molecule is CC(O)c1ccc(Br)cc1N(C)C(C)(C)CO. The molecule has 0 aromatic heterocycles. The second-order valence-electron chi connectivity index (χ2n) is 4.91. The third-order valence-electron chi connectivity index (χ3n) is 3.10. The Morgan fingerprint density at radius 3 is 2.47 bits per heavy atom. The van der Waals surface area contributed by atoms with E-state index < -0.39 is 6.10 Å². The lowest BCUT2D eigenvalue weighted by Crippen LogP contribution is -2.44. The van der Waals surface area contributed by atoms with Gasteiger partial charge in [-0.15, -0.1) is 0 Å². The molecular formula is C13H20BrNO2. The first-order valence-corrected chi connectivity index (χ1v) is 6.41. The monoisotopic (exact) mass is 301 g/mol. The van der Waals surface area contributed by atoms with E-state index >= 15 is 0 Å². The van der Waals surface area contributed by atoms with Gasteiger partial charge in [0.2, 0.25) is 0 Å². The summed E-state index contributed by atoms with van der Waals surface area (Å²) in [6.07, 6.45) is -0.532. The van der Waals surface area contributed by atoms with Gasteiger partial charge in [0.1, 0.15) is 0 Å². The van der Waals surface area contributed by atoms with Crippen molar-refractivity contribution in [1.29, 1.82) is 0 Å². The lowest BCUT2D eigenvalue weighted by molar-refractivity contribution is 0.196. The van der Waals surface area contributed by atoms with Crippen molar-refractivity contribution in [1.82, 2.24) is 0 Å². The summed E-state index contributed by atoms with van der Waals surface area (Å²) in [5.74, 6) is 0. The van der Waals surface area contributed by atoms with E-state index in [1.54, 1.807) is 6.92 Å². The molecule has 4 heteroatoms. The van der Waals surface area contributed by atoms with E-state index in [9.17, 15) is 10.2 Å². The highest BCUT2D eigenvalue weighted by molar-refractivity contribution is 9.10. The number of likely N-dealkylation sites (N-methyl/N-ethyl adjacent to an activating group) is 1. The maximum Gasteiger partial charge on any atom is 0.0782 e. The van der Waals surface area contributed by atoms with Crippen LogP contribution in [-0.2, 0) is 0 Å². The molecule has 1 atom stereocenters. The molecule has 0 saturated heterocycles. The Morgan fingerprint density at radius 2 is 2.00 bits per heavy atom. The highest BCUT2D eigenvalue weighted by Gasteiger charge is 2.25. The standard InChI is InChI=1S/C13H20BrNO2/c1-9(17)11-6-5-10(14)7-12(11)15(4)13(2,3)8-16/h5-7,9,16-17H,8H2,1-4H3. The minimum absolute atomic E-state index is 0.0509. The molecule has 0 aliphatic rings. The molecule has 1 rings (SSSR count). The molecule has 2 N–H and O–H groups in total. The number of aliphatic hydroxyl groups excluding tert-OH is 2. The number of halogens is 1. The first kappa shape index (κ1) is 14.5. The number of hydrogen-bond acceptors (Lipinski definition) is 3. The van der Waals surface area contributed by atoms with Crippen LogP contribution in [0.2, 0.25) is 0 Å². The average Bonchev–Trinajstić information content (AvgIpc) is 2.27. The summed E-state index contributed by atoms with van der Waals surface area (Å²) in [5.41, 5.74) is 1.41. The Kier molecular flexibility index (Phi) is 4.58. The number of aliphatic hydroxyl groups is 2. The molecule has 0 aliphatic carbocycles. The highest BCUT2D eigenvalue weighted by Crippen LogP contribution is 2.32. The van der Waals surface area contributed by atoms with Crippen LogP contribution in [0.15, 0.2) is 22.7 Å². The van der Waals surface area contributed by atoms with Crippen molar-refractivity contribution in [3.05, 3.63) is 28.2 Å². The summed E-state index contributed by atoms with van der Waals surface area (Å²) >= 11 is 3.43. The van der Waals surface area contributed by atoms with Crippen molar-refractivity contribution >= 4 is 21.6 Å². The molecule has 96 valence electrons. The fourth-order valence-corrected chi connectivity index (χ4v) is 1.94. The van der Waals surface area contributed by atoms with Crippen LogP contribution in [0.3, 0.4) is 0 Å². The van der Waals surface area contributed by atoms with Gasteiger partial charge in [0.05, 0.1) is 18.2 Å². The molecule has 0 spiro atoms. The Morgan fingerprint density at radius 1 is 1.41 bits per heavy atom. The number of rotatable bonds is 4. The predicted octanol–water partition coefficient (Wildman–Crippen LogP) is 2.71. The minimum Gasteiger partial charge on any atom is -0.394 e. The molecule has 0 radical (unpaired) electrons. The molecule has 0 fully saturated rings. The van der Waals surface area contributed by atoms with Gasteiger partial charge in [0, 0.05) is 22.8 Å². The van der Waals surface area contributed by atoms with Crippen molar-refractivity contribution < 1.29 is 10.2 Å². The van der Waals surface area contributed by atoms with Crippen LogP contribution >= 0.6 is 15.9 Å². The fraction of sp³-hybridized carbons (Fsp3) is 0.538. The zero-order valence-corrected chi connectivity index (χ0v) is 12.3. The van der Waals surface area contributed by atoms with Gasteiger partial charge in [-0.25, -0.2) is 0 Å². The van der Waals surface area contributed by atoms with Gasteiger partial charge in [-0.05, 0) is 32.9 Å². The predicted molar refractivity (Wildman–Crippen MR) is 74.3 cm³/mol. The quantitative estimate of drug-likeness (QED) is 0.899. The van der Waals surface area contributed by atoms with Crippen molar-refractivity contribution in [2.45, 2.75) is 32.4 Å². The highest BCUT2D eigenvalue weighted by atomic mass is 79.9. The molecule has 0 bridgehead atoms. The maximum absolute atomic E-state index is 9.78. The summed E-state index contributed by atoms with van der Waals surface area (Å²) < 4.78 is 0.956. The minimum atomic E-state index is -0.532. The average molecular weight is 302 g/mol. The van der Waals surface area contributed by atoms with Gasteiger partial charge in [-0.1, -0.05) is 22.0 Å². The number of anilines is 1. The summed E-state index contributed by atoms with van der Waals surface area (Å²) in [5, 5.41) is 19.2. The van der Waals surface area contributed by atoms with Crippen LogP contribution in [-0.4, -0.2) is 29.4 Å². The van der Waals surface area contributed by atoms with E-state index in [4.69, 9.17) is 0 Å². The maximum atomic E-state index is 9.78. The van der Waals surface area contributed by atoms with Crippen molar-refractivity contribution in [2.24, 2.45) is 0 Å². The van der Waals surface area contributed by atoms with Crippen LogP contribution in [0.4, 0.5) is 5.69 Å². The van der Waals surface area contributed by atoms with Gasteiger partial charge < -0.3 is 15.1 Å². The smallest absolute Gasteiger partial charge is 0.0782 e. The summed E-state index contributed by atoms with van der Waals surface area (Å²) in [7, 11) is 1.92. The Balaban J connectivity index is 3.24. The lowest BCUT2D eigenvalue weighted by atomic mass is 10.0. The van der Waals surface area contributed by atoms with E-state index in [1.165, 1.54) is 0 Å². The molecule has 1 aromatic rings. The second kappa shape index (κ2) is 5.38. The molecular weight excluding hydrogens is 282 g/mol. The number of nitrogens with zero attached hydrogens (tertiary/aromatic N) is 1. The number of hydrogen-bond donors (Lipinski definition) is 2. The molecule has 0 amide bonds. The summed E-state index contributed by atoms with van der Waals surface area (Å²) in [6.45, 7) is 5.71. The second-order valence-corrected chi connectivity index (χ2v) is 5.82. The molecule has 3 nitrogen and oxygen atoms in total. The largest absolute Gasteiger partial charge is 0.394 e. The van der Waals surface area contributed by atoms with Crippen LogP contribution < -0.4 is 4.90 Å². The normalized spacial score (nSPS) is 13.6. The zero-order chi connectivity index (χ0) is 13.2. The van der Waals surface area contributed by atoms with Crippen LogP contribution in [0.25, 0.3) is 0 Å². The van der Waals surface area contributed by atoms with E-state index in [0.29, 0.717) is 0 Å². The third-order valence-corrected chi connectivity index (χ3v) is 3.59. The lowest BCUT2D eigenvalue weighted by Gasteiger charge is -2.37. The molecule has 17 heavy (non-hydrogen) atoms. The van der Waals surface area contributed by atoms with Gasteiger partial charge in [0.25, 0.3) is 0 Å². The summed E-state index contributed by atoms with van der Waals surface area (Å²) in [4.78, 5) is 1.99. The van der Waals surface area contributed by atoms with Gasteiger partial charge in [-0.2, -0.15) is 0 Å². The van der Waals surface area contributed by atoms with E-state index in [2.05, 4.69) is 15.9 Å². The molecule has 0 aliphatic heterocycles. The van der Waals surface area contributed by atoms with Crippen molar-refractivity contribution in [2.75, 3.05) is 18.6 Å². The van der Waals surface area contributed by atoms with E-state index in [1.807, 2.05) is 44.0 Å². The van der Waals surface area contributed by atoms with Crippen LogP contribution in [0, 0.1) is 0 Å². The number of benzene rings is 1. The van der Waals surface area contributed by atoms with Gasteiger partial charge >= 0.3 is 0 Å². The van der Waals surface area contributed by atoms with E-state index in [-0.39, 0.29) is 12.1 Å². The van der Waals surface area contributed by atoms with E-state index in [0.717, 1.165) is 15.7 Å². The molecule has 0 heterocycles. The van der Waals surface area contributed by atoms with Crippen molar-refractivity contribution in [3.63, 3.8) is 0 Å². The Labute approximate surface area is 111 Å². The van der Waals surface area contributed by atoms with Crippen LogP contribution in [0.5, 0.6) is 0 Å². The van der Waals surface area contributed by atoms with Crippen molar-refractivity contribution in [3.8, 4) is 0 Å². The Bertz CT molecular complexity index is 391. The topological polar surface area (TPSA) is 43.7 Å². The molecule has 1 aromatic carbocycles. The summed E-state index contributed by atoms with van der Waals surface area (Å²) in [6, 6.07) is 5.76. The molecule has 1 unspecified atom stereocenters. The zero-order valence-electron chi connectivity index (χ0n) is 10.7. The fourth-order valence-electron chi connectivity index (χ4n) is 1.59. The van der Waals surface area contributed by atoms with Gasteiger partial charge in [0.15, 0.2) is 0 Å². The molecule has 0 saturated carbocycles. The van der Waals surface area contributed by atoms with Crippen LogP contribution in [0.1, 0.15) is 32.4 Å². The third kappa shape index (κ3) is 3.21. The first-order chi connectivity index (χ1) is 7.79. The first-order valence-electron chi connectivity index (χ1n) is 5.62. The van der Waals surface area contributed by atoms with Gasteiger partial charge in [-0.3, -0.25) is 0 Å².